The number of aliphatic hydroxyl groups is 1. The van der Waals surface area contributed by atoms with E-state index < -0.39 is 0 Å². The first-order chi connectivity index (χ1) is 10.8. The predicted molar refractivity (Wildman–Crippen MR) is 92.7 cm³/mol. The van der Waals surface area contributed by atoms with Gasteiger partial charge in [-0.15, -0.1) is 0 Å². The summed E-state index contributed by atoms with van der Waals surface area (Å²) in [5, 5.41) is 8.64. The van der Waals surface area contributed by atoms with Gasteiger partial charge < -0.3 is 9.84 Å². The highest BCUT2D eigenvalue weighted by Gasteiger charge is 1.98. The van der Waals surface area contributed by atoms with Crippen LogP contribution in [0.3, 0.4) is 0 Å². The zero-order chi connectivity index (χ0) is 16.3. The molecule has 0 rings (SSSR count). The average Bonchev–Trinajstić information content (AvgIpc) is 2.54. The Morgan fingerprint density at radius 2 is 1.36 bits per heavy atom. The van der Waals surface area contributed by atoms with Crippen LogP contribution in [0.4, 0.5) is 0 Å². The van der Waals surface area contributed by atoms with Gasteiger partial charge in [0.1, 0.15) is 0 Å². The third kappa shape index (κ3) is 16.7. The maximum atomic E-state index is 10.9. The van der Waals surface area contributed by atoms with Crippen molar-refractivity contribution >= 4 is 5.97 Å². The first-order valence-electron chi connectivity index (χ1n) is 8.47. The van der Waals surface area contributed by atoms with Crippen LogP contribution in [-0.4, -0.2) is 24.8 Å². The highest BCUT2D eigenvalue weighted by Crippen LogP contribution is 2.08. The molecule has 0 saturated heterocycles. The molecule has 0 aliphatic carbocycles. The monoisotopic (exact) mass is 308 g/mol. The van der Waals surface area contributed by atoms with Gasteiger partial charge in [-0.3, -0.25) is 4.79 Å². The van der Waals surface area contributed by atoms with Crippen LogP contribution in [0.15, 0.2) is 36.5 Å². The van der Waals surface area contributed by atoms with Gasteiger partial charge in [0, 0.05) is 13.0 Å². The molecule has 0 radical (unpaired) electrons. The maximum Gasteiger partial charge on any atom is 0.305 e. The molecule has 0 spiro atoms. The predicted octanol–water partition coefficient (Wildman–Crippen LogP) is 4.72. The van der Waals surface area contributed by atoms with Gasteiger partial charge in [0.2, 0.25) is 0 Å². The highest BCUT2D eigenvalue weighted by molar-refractivity contribution is 5.68. The van der Waals surface area contributed by atoms with E-state index >= 15 is 0 Å². The van der Waals surface area contributed by atoms with E-state index in [1.54, 1.807) is 0 Å². The van der Waals surface area contributed by atoms with E-state index in [9.17, 15) is 4.79 Å². The number of rotatable bonds is 14. The van der Waals surface area contributed by atoms with Gasteiger partial charge in [-0.1, -0.05) is 55.7 Å². The van der Waals surface area contributed by atoms with E-state index in [0.717, 1.165) is 38.5 Å². The van der Waals surface area contributed by atoms with Crippen LogP contribution in [0.5, 0.6) is 0 Å². The number of allylic oxidation sites excluding steroid dienone is 6. The van der Waals surface area contributed by atoms with E-state index in [4.69, 9.17) is 5.11 Å². The third-order valence-electron chi connectivity index (χ3n) is 3.36. The zero-order valence-corrected chi connectivity index (χ0v) is 14.0. The number of methoxy groups -OCH3 is 1. The summed E-state index contributed by atoms with van der Waals surface area (Å²) in [5.41, 5.74) is 0. The summed E-state index contributed by atoms with van der Waals surface area (Å²) >= 11 is 0. The second kappa shape index (κ2) is 17.7. The quantitative estimate of drug-likeness (QED) is 0.287. The van der Waals surface area contributed by atoms with E-state index in [2.05, 4.69) is 35.1 Å². The lowest BCUT2D eigenvalue weighted by Gasteiger charge is -1.99. The minimum atomic E-state index is -0.0998. The Labute approximate surface area is 135 Å². The molecule has 0 aromatic heterocycles. The van der Waals surface area contributed by atoms with E-state index in [-0.39, 0.29) is 12.6 Å². The molecule has 0 amide bonds. The fraction of sp³-hybridized carbons (Fsp3) is 0.632. The van der Waals surface area contributed by atoms with Gasteiger partial charge in [-0.25, -0.2) is 0 Å². The zero-order valence-electron chi connectivity index (χ0n) is 14.0. The molecule has 22 heavy (non-hydrogen) atoms. The summed E-state index contributed by atoms with van der Waals surface area (Å²) in [6.07, 6.45) is 22.9. The summed E-state index contributed by atoms with van der Waals surface area (Å²) in [7, 11) is 1.44. The smallest absolute Gasteiger partial charge is 0.305 e. The fourth-order valence-corrected chi connectivity index (χ4v) is 2.02. The van der Waals surface area contributed by atoms with Gasteiger partial charge in [-0.2, -0.15) is 0 Å². The lowest BCUT2D eigenvalue weighted by Crippen LogP contribution is -1.98. The lowest BCUT2D eigenvalue weighted by atomic mass is 10.1. The Morgan fingerprint density at radius 1 is 0.818 bits per heavy atom. The summed E-state index contributed by atoms with van der Waals surface area (Å²) < 4.78 is 4.61. The van der Waals surface area contributed by atoms with Crippen molar-refractivity contribution in [3.8, 4) is 0 Å². The molecule has 126 valence electrons. The number of esters is 1. The number of aliphatic hydroxyl groups excluding tert-OH is 1. The van der Waals surface area contributed by atoms with Crippen LogP contribution in [-0.2, 0) is 9.53 Å². The molecule has 0 aromatic rings. The normalized spacial score (nSPS) is 11.9. The molecule has 0 heterocycles. The Bertz CT molecular complexity index is 330. The molecule has 0 aromatic carbocycles. The van der Waals surface area contributed by atoms with Crippen molar-refractivity contribution in [2.45, 2.75) is 64.2 Å². The molecule has 0 bridgehead atoms. The van der Waals surface area contributed by atoms with Crippen LogP contribution in [0.1, 0.15) is 64.2 Å². The first-order valence-corrected chi connectivity index (χ1v) is 8.47. The first kappa shape index (κ1) is 20.6. The standard InChI is InChI=1S/C19H32O3/c1-22-19(21)17-15-13-11-9-7-5-3-2-4-6-8-10-12-14-16-18-20/h2-4,6,8,10,20H,5,7,9,11-18H2,1H3. The molecule has 3 heteroatoms. The Morgan fingerprint density at radius 3 is 1.95 bits per heavy atom. The van der Waals surface area contributed by atoms with Crippen molar-refractivity contribution in [3.05, 3.63) is 36.5 Å². The van der Waals surface area contributed by atoms with Gasteiger partial charge >= 0.3 is 5.97 Å². The average molecular weight is 308 g/mol. The number of carbonyl (C=O) groups is 1. The minimum Gasteiger partial charge on any atom is -0.469 e. The minimum absolute atomic E-state index is 0.0998. The van der Waals surface area contributed by atoms with Crippen molar-refractivity contribution in [1.29, 1.82) is 0 Å². The summed E-state index contributed by atoms with van der Waals surface area (Å²) in [6, 6.07) is 0. The van der Waals surface area contributed by atoms with Gasteiger partial charge in [-0.05, 0) is 38.5 Å². The van der Waals surface area contributed by atoms with Gasteiger partial charge in [0.15, 0.2) is 0 Å². The third-order valence-corrected chi connectivity index (χ3v) is 3.36. The molecular weight excluding hydrogens is 276 g/mol. The number of carbonyl (C=O) groups excluding carboxylic acids is 1. The van der Waals surface area contributed by atoms with Gasteiger partial charge in [0.05, 0.1) is 7.11 Å². The van der Waals surface area contributed by atoms with Crippen molar-refractivity contribution in [3.63, 3.8) is 0 Å². The number of hydrogen-bond acceptors (Lipinski definition) is 3. The molecule has 0 unspecified atom stereocenters. The fourth-order valence-electron chi connectivity index (χ4n) is 2.02. The molecular formula is C19H32O3. The Balaban J connectivity index is 3.31. The molecule has 0 aliphatic rings. The van der Waals surface area contributed by atoms with Crippen LogP contribution in [0, 0.1) is 0 Å². The molecule has 3 nitrogen and oxygen atoms in total. The number of ether oxygens (including phenoxy) is 1. The van der Waals surface area contributed by atoms with Gasteiger partial charge in [0.25, 0.3) is 0 Å². The second-order valence-electron chi connectivity index (χ2n) is 5.34. The van der Waals surface area contributed by atoms with Crippen LogP contribution >= 0.6 is 0 Å². The maximum absolute atomic E-state index is 10.9. The number of unbranched alkanes of at least 4 members (excludes halogenated alkanes) is 7. The lowest BCUT2D eigenvalue weighted by molar-refractivity contribution is -0.140. The highest BCUT2D eigenvalue weighted by atomic mass is 16.5. The van der Waals surface area contributed by atoms with Crippen molar-refractivity contribution in [1.82, 2.24) is 0 Å². The molecule has 0 aliphatic heterocycles. The number of hydrogen-bond donors (Lipinski definition) is 1. The molecule has 0 saturated carbocycles. The molecule has 0 fully saturated rings. The van der Waals surface area contributed by atoms with E-state index in [1.807, 2.05) is 6.08 Å². The molecule has 1 N–H and O–H groups in total. The van der Waals surface area contributed by atoms with Crippen molar-refractivity contribution in [2.75, 3.05) is 13.7 Å². The van der Waals surface area contributed by atoms with E-state index in [1.165, 1.54) is 26.4 Å². The largest absolute Gasteiger partial charge is 0.469 e. The topological polar surface area (TPSA) is 46.5 Å². The van der Waals surface area contributed by atoms with E-state index in [0.29, 0.717) is 6.42 Å². The Hall–Kier alpha value is -1.35. The van der Waals surface area contributed by atoms with Crippen LogP contribution < -0.4 is 0 Å². The van der Waals surface area contributed by atoms with Crippen molar-refractivity contribution in [2.24, 2.45) is 0 Å². The second-order valence-corrected chi connectivity index (χ2v) is 5.34. The van der Waals surface area contributed by atoms with Crippen LogP contribution in [0.2, 0.25) is 0 Å². The summed E-state index contributed by atoms with van der Waals surface area (Å²) in [6.45, 7) is 0.289. The SMILES string of the molecule is COC(=O)CCCCCCCC=CC=CC=CCCCCO. The summed E-state index contributed by atoms with van der Waals surface area (Å²) in [5.74, 6) is -0.0998. The van der Waals surface area contributed by atoms with Crippen molar-refractivity contribution < 1.29 is 14.6 Å². The summed E-state index contributed by atoms with van der Waals surface area (Å²) in [4.78, 5) is 10.9. The Kier molecular flexibility index (Phi) is 16.6. The molecule has 0 atom stereocenters. The van der Waals surface area contributed by atoms with Crippen LogP contribution in [0.25, 0.3) is 0 Å².